The number of hydrogen-bond acceptors (Lipinski definition) is 5. The van der Waals surface area contributed by atoms with Crippen LogP contribution in [0.25, 0.3) is 0 Å². The number of nitrogens with one attached hydrogen (secondary N) is 1. The van der Waals surface area contributed by atoms with E-state index in [0.717, 1.165) is 11.5 Å². The number of hydrogen-bond donors (Lipinski definition) is 1. The normalized spacial score (nSPS) is 9.60. The van der Waals surface area contributed by atoms with E-state index in [2.05, 4.69) is 14.9 Å². The first-order valence-electron chi connectivity index (χ1n) is 4.16. The molecule has 1 heterocycles. The number of nitrogens with zero attached hydrogens (tertiary/aromatic N) is 2. The SMILES string of the molecule is O=C(Nc1cnns1)Oc1ccccc1. The minimum absolute atomic E-state index is 0.493. The molecule has 1 N–H and O–H groups in total. The molecule has 0 aliphatic heterocycles. The molecule has 2 rings (SSSR count). The van der Waals surface area contributed by atoms with Gasteiger partial charge in [0.1, 0.15) is 10.8 Å². The zero-order chi connectivity index (χ0) is 10.5. The Bertz CT molecular complexity index is 430. The Morgan fingerprint density at radius 3 is 2.80 bits per heavy atom. The largest absolute Gasteiger partial charge is 0.417 e. The topological polar surface area (TPSA) is 64.1 Å². The number of amides is 1. The van der Waals surface area contributed by atoms with Gasteiger partial charge in [-0.15, -0.1) is 5.10 Å². The lowest BCUT2D eigenvalue weighted by atomic mass is 10.3. The fourth-order valence-electron chi connectivity index (χ4n) is 0.944. The minimum Gasteiger partial charge on any atom is -0.410 e. The summed E-state index contributed by atoms with van der Waals surface area (Å²) in [6.07, 6.45) is 0.906. The van der Waals surface area contributed by atoms with E-state index in [9.17, 15) is 4.79 Å². The van der Waals surface area contributed by atoms with Gasteiger partial charge in [-0.3, -0.25) is 5.32 Å². The highest BCUT2D eigenvalue weighted by atomic mass is 32.1. The Kier molecular flexibility index (Phi) is 2.89. The molecule has 0 aliphatic carbocycles. The number of benzene rings is 1. The van der Waals surface area contributed by atoms with Crippen LogP contribution in [-0.2, 0) is 0 Å². The van der Waals surface area contributed by atoms with Crippen molar-refractivity contribution in [2.24, 2.45) is 0 Å². The lowest BCUT2D eigenvalue weighted by Crippen LogP contribution is -2.15. The van der Waals surface area contributed by atoms with E-state index >= 15 is 0 Å². The highest BCUT2D eigenvalue weighted by molar-refractivity contribution is 7.10. The van der Waals surface area contributed by atoms with Crippen molar-refractivity contribution in [3.05, 3.63) is 36.5 Å². The molecule has 0 saturated heterocycles. The Morgan fingerprint density at radius 2 is 2.13 bits per heavy atom. The molecule has 0 saturated carbocycles. The van der Waals surface area contributed by atoms with Crippen molar-refractivity contribution >= 4 is 22.6 Å². The summed E-state index contributed by atoms with van der Waals surface area (Å²) in [5, 5.41) is 6.64. The van der Waals surface area contributed by atoms with Crippen molar-refractivity contribution in [1.29, 1.82) is 0 Å². The molecule has 0 fully saturated rings. The summed E-state index contributed by atoms with van der Waals surface area (Å²) >= 11 is 1.09. The Morgan fingerprint density at radius 1 is 1.33 bits per heavy atom. The fraction of sp³-hybridized carbons (Fsp3) is 0. The summed E-state index contributed by atoms with van der Waals surface area (Å²) < 4.78 is 8.59. The molecule has 5 nitrogen and oxygen atoms in total. The van der Waals surface area contributed by atoms with Crippen LogP contribution in [0, 0.1) is 0 Å². The monoisotopic (exact) mass is 221 g/mol. The van der Waals surface area contributed by atoms with E-state index < -0.39 is 6.09 Å². The molecular weight excluding hydrogens is 214 g/mol. The van der Waals surface area contributed by atoms with Crippen molar-refractivity contribution in [3.63, 3.8) is 0 Å². The summed E-state index contributed by atoms with van der Waals surface area (Å²) in [4.78, 5) is 11.3. The van der Waals surface area contributed by atoms with E-state index in [4.69, 9.17) is 4.74 Å². The Hall–Kier alpha value is -1.95. The van der Waals surface area contributed by atoms with Crippen molar-refractivity contribution in [1.82, 2.24) is 9.59 Å². The van der Waals surface area contributed by atoms with E-state index in [1.165, 1.54) is 6.20 Å². The van der Waals surface area contributed by atoms with Crippen LogP contribution in [0.3, 0.4) is 0 Å². The van der Waals surface area contributed by atoms with Gasteiger partial charge in [0, 0.05) is 11.5 Å². The number of carbonyl (C=O) groups excluding carboxylic acids is 1. The third-order valence-corrected chi connectivity index (χ3v) is 2.12. The third kappa shape index (κ3) is 2.75. The second kappa shape index (κ2) is 4.52. The summed E-state index contributed by atoms with van der Waals surface area (Å²) in [7, 11) is 0. The Labute approximate surface area is 89.9 Å². The Balaban J connectivity index is 1.94. The first-order chi connectivity index (χ1) is 7.34. The standard InChI is InChI=1S/C9H7N3O2S/c13-9(11-8-6-10-12-15-8)14-7-4-2-1-3-5-7/h1-6H,(H,11,13). The molecule has 2 aromatic rings. The average Bonchev–Trinajstić information content (AvgIpc) is 2.71. The maximum atomic E-state index is 11.3. The van der Waals surface area contributed by atoms with Crippen molar-refractivity contribution in [3.8, 4) is 5.75 Å². The lowest BCUT2D eigenvalue weighted by molar-refractivity contribution is 0.215. The molecule has 1 aromatic heterocycles. The second-order valence-electron chi connectivity index (χ2n) is 2.61. The van der Waals surface area contributed by atoms with Gasteiger partial charge < -0.3 is 4.74 Å². The molecule has 1 amide bonds. The number of carbonyl (C=O) groups is 1. The summed E-state index contributed by atoms with van der Waals surface area (Å²) in [5.41, 5.74) is 0. The highest BCUT2D eigenvalue weighted by Gasteiger charge is 2.05. The number of ether oxygens (including phenoxy) is 1. The molecule has 0 atom stereocenters. The van der Waals surface area contributed by atoms with Crippen molar-refractivity contribution in [2.45, 2.75) is 0 Å². The van der Waals surface area contributed by atoms with Crippen LogP contribution in [0.15, 0.2) is 36.5 Å². The van der Waals surface area contributed by atoms with Crippen LogP contribution in [0.2, 0.25) is 0 Å². The lowest BCUT2D eigenvalue weighted by Gasteiger charge is -2.02. The van der Waals surface area contributed by atoms with Crippen molar-refractivity contribution < 1.29 is 9.53 Å². The van der Waals surface area contributed by atoms with Gasteiger partial charge in [-0.05, 0) is 12.1 Å². The van der Waals surface area contributed by atoms with Crippen LogP contribution in [-0.4, -0.2) is 15.7 Å². The number of aromatic nitrogens is 2. The summed E-state index contributed by atoms with van der Waals surface area (Å²) in [6, 6.07) is 8.82. The number of rotatable bonds is 2. The van der Waals surface area contributed by atoms with Gasteiger partial charge in [0.2, 0.25) is 0 Å². The highest BCUT2D eigenvalue weighted by Crippen LogP contribution is 2.12. The van der Waals surface area contributed by atoms with Gasteiger partial charge in [-0.2, -0.15) is 0 Å². The van der Waals surface area contributed by atoms with E-state index in [1.807, 2.05) is 6.07 Å². The van der Waals surface area contributed by atoms with Gasteiger partial charge >= 0.3 is 6.09 Å². The minimum atomic E-state index is -0.549. The quantitative estimate of drug-likeness (QED) is 0.843. The zero-order valence-corrected chi connectivity index (χ0v) is 8.40. The van der Waals surface area contributed by atoms with E-state index in [1.54, 1.807) is 24.3 Å². The zero-order valence-electron chi connectivity index (χ0n) is 7.58. The summed E-state index contributed by atoms with van der Waals surface area (Å²) in [6.45, 7) is 0. The average molecular weight is 221 g/mol. The maximum Gasteiger partial charge on any atom is 0.417 e. The molecule has 76 valence electrons. The first-order valence-corrected chi connectivity index (χ1v) is 4.93. The summed E-state index contributed by atoms with van der Waals surface area (Å²) in [5.74, 6) is 0.493. The first kappa shape index (κ1) is 9.60. The third-order valence-electron chi connectivity index (χ3n) is 1.54. The number of para-hydroxylation sites is 1. The molecule has 0 unspecified atom stereocenters. The van der Waals surface area contributed by atoms with E-state index in [-0.39, 0.29) is 0 Å². The van der Waals surface area contributed by atoms with Crippen LogP contribution >= 0.6 is 11.5 Å². The van der Waals surface area contributed by atoms with Gasteiger partial charge in [-0.25, -0.2) is 4.79 Å². The van der Waals surface area contributed by atoms with Crippen LogP contribution in [0.1, 0.15) is 0 Å². The molecule has 0 spiro atoms. The van der Waals surface area contributed by atoms with E-state index in [0.29, 0.717) is 10.8 Å². The molecule has 0 aliphatic rings. The fourth-order valence-corrected chi connectivity index (χ4v) is 1.35. The van der Waals surface area contributed by atoms with Gasteiger partial charge in [0.05, 0.1) is 6.20 Å². The van der Waals surface area contributed by atoms with Crippen LogP contribution in [0.5, 0.6) is 5.75 Å². The molecule has 15 heavy (non-hydrogen) atoms. The van der Waals surface area contributed by atoms with Gasteiger partial charge in [-0.1, -0.05) is 22.7 Å². The molecule has 0 bridgehead atoms. The van der Waals surface area contributed by atoms with Gasteiger partial charge in [0.15, 0.2) is 0 Å². The predicted octanol–water partition coefficient (Wildman–Crippen LogP) is 2.15. The molecular formula is C9H7N3O2S. The van der Waals surface area contributed by atoms with Crippen LogP contribution < -0.4 is 10.1 Å². The smallest absolute Gasteiger partial charge is 0.410 e. The number of anilines is 1. The molecule has 0 radical (unpaired) electrons. The maximum absolute atomic E-state index is 11.3. The van der Waals surface area contributed by atoms with Crippen molar-refractivity contribution in [2.75, 3.05) is 5.32 Å². The molecule has 6 heteroatoms. The second-order valence-corrected chi connectivity index (χ2v) is 3.40. The van der Waals surface area contributed by atoms with Gasteiger partial charge in [0.25, 0.3) is 0 Å². The molecule has 1 aromatic carbocycles. The predicted molar refractivity (Wildman–Crippen MR) is 56.0 cm³/mol. The van der Waals surface area contributed by atoms with Crippen LogP contribution in [0.4, 0.5) is 9.80 Å².